The number of aliphatic hydroxyl groups excluding tert-OH is 1. The van der Waals surface area contributed by atoms with E-state index in [0.29, 0.717) is 12.3 Å². The Bertz CT molecular complexity index is 90.3. The van der Waals surface area contributed by atoms with Crippen LogP contribution in [-0.2, 0) is 4.79 Å². The third-order valence-corrected chi connectivity index (χ3v) is 1.14. The molecule has 3 nitrogen and oxygen atoms in total. The minimum atomic E-state index is -0.897. The number of carboxylic acid groups (broad SMARTS) is 1. The van der Waals surface area contributed by atoms with Crippen LogP contribution in [0.4, 0.5) is 0 Å². The third kappa shape index (κ3) is 3.08. The fraction of sp³-hybridized carbons (Fsp3) is 0.667. The summed E-state index contributed by atoms with van der Waals surface area (Å²) in [6, 6.07) is 0. The van der Waals surface area contributed by atoms with Gasteiger partial charge in [-0.15, -0.1) is 0 Å². The van der Waals surface area contributed by atoms with E-state index in [9.17, 15) is 4.79 Å². The zero-order chi connectivity index (χ0) is 7.28. The van der Waals surface area contributed by atoms with Gasteiger partial charge < -0.3 is 10.2 Å². The first-order valence-electron chi connectivity index (χ1n) is 2.91. The van der Waals surface area contributed by atoms with Crippen molar-refractivity contribution in [2.45, 2.75) is 19.8 Å². The minimum Gasteiger partial charge on any atom is -0.481 e. The number of carboxylic acids is 1. The fourth-order valence-corrected chi connectivity index (χ4v) is 0.570. The lowest BCUT2D eigenvalue weighted by atomic mass is 10.0. The van der Waals surface area contributed by atoms with Crippen molar-refractivity contribution in [3.05, 3.63) is 5.92 Å². The Hall–Kier alpha value is -0.570. The van der Waals surface area contributed by atoms with E-state index in [1.165, 1.54) is 0 Å². The maximum atomic E-state index is 10.2. The Morgan fingerprint density at radius 1 is 1.56 bits per heavy atom. The molecule has 0 saturated carbocycles. The number of carbonyl (C=O) groups is 1. The number of aliphatic carboxylic acids is 1. The highest BCUT2D eigenvalue weighted by Crippen LogP contribution is 2.09. The van der Waals surface area contributed by atoms with Gasteiger partial charge in [-0.3, -0.25) is 4.79 Å². The lowest BCUT2D eigenvalue weighted by molar-refractivity contribution is -0.135. The molecule has 0 unspecified atom stereocenters. The van der Waals surface area contributed by atoms with Gasteiger partial charge >= 0.3 is 5.97 Å². The highest BCUT2D eigenvalue weighted by molar-refractivity contribution is 5.82. The standard InChI is InChI=1S/C6H11O3/c1-2-5(3-4-7)6(8)9/h7H,2-4H2,1H3,(H,8,9). The number of aliphatic hydroxyl groups is 1. The van der Waals surface area contributed by atoms with E-state index in [0.717, 1.165) is 0 Å². The average molecular weight is 131 g/mol. The molecule has 53 valence electrons. The van der Waals surface area contributed by atoms with E-state index in [2.05, 4.69) is 0 Å². The van der Waals surface area contributed by atoms with Gasteiger partial charge in [0.25, 0.3) is 0 Å². The topological polar surface area (TPSA) is 57.5 Å². The molecule has 0 bridgehead atoms. The molecule has 9 heavy (non-hydrogen) atoms. The lowest BCUT2D eigenvalue weighted by Gasteiger charge is -2.03. The second-order valence-corrected chi connectivity index (χ2v) is 1.74. The average Bonchev–Trinajstić information content (AvgIpc) is 1.82. The summed E-state index contributed by atoms with van der Waals surface area (Å²) in [5.41, 5.74) is 0. The molecule has 3 heteroatoms. The van der Waals surface area contributed by atoms with Crippen molar-refractivity contribution in [2.75, 3.05) is 6.61 Å². The molecular weight excluding hydrogens is 120 g/mol. The van der Waals surface area contributed by atoms with E-state index < -0.39 is 5.97 Å². The molecule has 0 atom stereocenters. The maximum Gasteiger partial charge on any atom is 0.310 e. The Kier molecular flexibility index (Phi) is 4.05. The lowest BCUT2D eigenvalue weighted by Crippen LogP contribution is -2.11. The van der Waals surface area contributed by atoms with Gasteiger partial charge in [0, 0.05) is 6.61 Å². The van der Waals surface area contributed by atoms with Crippen molar-refractivity contribution < 1.29 is 15.0 Å². The minimum absolute atomic E-state index is 0.0739. The number of rotatable bonds is 4. The van der Waals surface area contributed by atoms with Gasteiger partial charge in [-0.05, 0) is 12.8 Å². The van der Waals surface area contributed by atoms with E-state index in [-0.39, 0.29) is 13.0 Å². The van der Waals surface area contributed by atoms with Crippen LogP contribution in [0.2, 0.25) is 0 Å². The molecule has 0 aliphatic carbocycles. The van der Waals surface area contributed by atoms with Crippen LogP contribution in [0.5, 0.6) is 0 Å². The van der Waals surface area contributed by atoms with Gasteiger partial charge in [-0.2, -0.15) is 0 Å². The second kappa shape index (κ2) is 4.32. The van der Waals surface area contributed by atoms with E-state index in [1.54, 1.807) is 6.92 Å². The summed E-state index contributed by atoms with van der Waals surface area (Å²) in [5, 5.41) is 16.7. The molecule has 0 spiro atoms. The summed E-state index contributed by atoms with van der Waals surface area (Å²) >= 11 is 0. The Morgan fingerprint density at radius 2 is 2.11 bits per heavy atom. The summed E-state index contributed by atoms with van der Waals surface area (Å²) in [6.45, 7) is 1.69. The van der Waals surface area contributed by atoms with Crippen molar-refractivity contribution in [3.63, 3.8) is 0 Å². The zero-order valence-electron chi connectivity index (χ0n) is 5.42. The van der Waals surface area contributed by atoms with Crippen LogP contribution in [-0.4, -0.2) is 22.8 Å². The van der Waals surface area contributed by atoms with Gasteiger partial charge in [0.1, 0.15) is 0 Å². The molecule has 0 rings (SSSR count). The maximum absolute atomic E-state index is 10.2. The van der Waals surface area contributed by atoms with Gasteiger partial charge in [0.2, 0.25) is 0 Å². The summed E-state index contributed by atoms with van der Waals surface area (Å²) in [6.07, 6.45) is 0.793. The van der Waals surface area contributed by atoms with Crippen LogP contribution >= 0.6 is 0 Å². The van der Waals surface area contributed by atoms with E-state index >= 15 is 0 Å². The van der Waals surface area contributed by atoms with Crippen LogP contribution in [0.1, 0.15) is 19.8 Å². The molecule has 0 fully saturated rings. The molecule has 0 heterocycles. The van der Waals surface area contributed by atoms with Crippen LogP contribution < -0.4 is 0 Å². The van der Waals surface area contributed by atoms with Crippen molar-refractivity contribution in [1.29, 1.82) is 0 Å². The van der Waals surface area contributed by atoms with Crippen molar-refractivity contribution in [2.24, 2.45) is 0 Å². The summed E-state index contributed by atoms with van der Waals surface area (Å²) in [4.78, 5) is 10.2. The van der Waals surface area contributed by atoms with Crippen molar-refractivity contribution in [3.8, 4) is 0 Å². The van der Waals surface area contributed by atoms with Crippen molar-refractivity contribution >= 4 is 5.97 Å². The van der Waals surface area contributed by atoms with Gasteiger partial charge in [-0.25, -0.2) is 0 Å². The molecule has 0 aromatic rings. The Labute approximate surface area is 54.3 Å². The smallest absolute Gasteiger partial charge is 0.310 e. The first-order chi connectivity index (χ1) is 4.22. The summed E-state index contributed by atoms with van der Waals surface area (Å²) in [7, 11) is 0. The highest BCUT2D eigenvalue weighted by atomic mass is 16.4. The fourth-order valence-electron chi connectivity index (χ4n) is 0.570. The summed E-state index contributed by atoms with van der Waals surface area (Å²) in [5.74, 6) is -0.510. The number of hydrogen-bond acceptors (Lipinski definition) is 2. The molecule has 1 radical (unpaired) electrons. The predicted octanol–water partition coefficient (Wildman–Crippen LogP) is 0.438. The molecule has 0 saturated heterocycles. The SMILES string of the molecule is CC[C](CCO)C(=O)O. The molecule has 0 aliphatic heterocycles. The van der Waals surface area contributed by atoms with Gasteiger partial charge in [0.15, 0.2) is 0 Å². The highest BCUT2D eigenvalue weighted by Gasteiger charge is 2.13. The second-order valence-electron chi connectivity index (χ2n) is 1.74. The van der Waals surface area contributed by atoms with Crippen LogP contribution in [0.3, 0.4) is 0 Å². The predicted molar refractivity (Wildman–Crippen MR) is 32.9 cm³/mol. The monoisotopic (exact) mass is 131 g/mol. The van der Waals surface area contributed by atoms with Gasteiger partial charge in [-0.1, -0.05) is 6.92 Å². The van der Waals surface area contributed by atoms with Crippen LogP contribution in [0.25, 0.3) is 0 Å². The first kappa shape index (κ1) is 8.43. The van der Waals surface area contributed by atoms with Gasteiger partial charge in [0.05, 0.1) is 5.92 Å². The molecule has 0 aliphatic rings. The third-order valence-electron chi connectivity index (χ3n) is 1.14. The Morgan fingerprint density at radius 3 is 2.22 bits per heavy atom. The van der Waals surface area contributed by atoms with E-state index in [4.69, 9.17) is 10.2 Å². The summed E-state index contributed by atoms with van der Waals surface area (Å²) < 4.78 is 0. The molecular formula is C6H11O3. The van der Waals surface area contributed by atoms with Crippen molar-refractivity contribution in [1.82, 2.24) is 0 Å². The molecule has 0 aromatic carbocycles. The molecule has 2 N–H and O–H groups in total. The van der Waals surface area contributed by atoms with E-state index in [1.807, 2.05) is 0 Å². The molecule has 0 amide bonds. The number of hydrogen-bond donors (Lipinski definition) is 2. The van der Waals surface area contributed by atoms with Crippen LogP contribution in [0, 0.1) is 5.92 Å². The normalized spacial score (nSPS) is 10.1. The first-order valence-corrected chi connectivity index (χ1v) is 2.91. The molecule has 0 aromatic heterocycles. The largest absolute Gasteiger partial charge is 0.481 e. The Balaban J connectivity index is 3.54. The zero-order valence-corrected chi connectivity index (χ0v) is 5.42. The van der Waals surface area contributed by atoms with Crippen LogP contribution in [0.15, 0.2) is 0 Å². The quantitative estimate of drug-likeness (QED) is 0.582.